The largest absolute Gasteiger partial charge is 0.361 e. The summed E-state index contributed by atoms with van der Waals surface area (Å²) in [4.78, 5) is 5.97. The lowest BCUT2D eigenvalue weighted by atomic mass is 9.72. The van der Waals surface area contributed by atoms with E-state index in [0.29, 0.717) is 12.0 Å². The topological polar surface area (TPSA) is 62.4 Å². The van der Waals surface area contributed by atoms with Gasteiger partial charge >= 0.3 is 0 Å². The third-order valence-electron chi connectivity index (χ3n) is 5.69. The minimum absolute atomic E-state index is 0.248. The fourth-order valence-corrected chi connectivity index (χ4v) is 5.22. The minimum atomic E-state index is -3.39. The monoisotopic (exact) mass is 362 g/mol. The quantitative estimate of drug-likeness (QED) is 0.831. The zero-order chi connectivity index (χ0) is 17.6. The van der Waals surface area contributed by atoms with Crippen LogP contribution in [0, 0.1) is 5.92 Å². The van der Waals surface area contributed by atoms with Gasteiger partial charge in [0.15, 0.2) is 0 Å². The molecular weight excluding hydrogens is 336 g/mol. The first-order valence-electron chi connectivity index (χ1n) is 9.13. The molecule has 1 fully saturated rings. The predicted molar refractivity (Wildman–Crippen MR) is 99.3 cm³/mol. The fourth-order valence-electron chi connectivity index (χ4n) is 4.78. The van der Waals surface area contributed by atoms with E-state index in [4.69, 9.17) is 4.18 Å². The van der Waals surface area contributed by atoms with Gasteiger partial charge in [0.2, 0.25) is 0 Å². The summed E-state index contributed by atoms with van der Waals surface area (Å²) in [5.41, 5.74) is 4.04. The van der Waals surface area contributed by atoms with Gasteiger partial charge in [0.1, 0.15) is 0 Å². The highest BCUT2D eigenvalue weighted by molar-refractivity contribution is 7.85. The molecule has 1 saturated heterocycles. The number of likely N-dealkylation sites (tertiary alicyclic amines) is 1. The van der Waals surface area contributed by atoms with Gasteiger partial charge in [-0.3, -0.25) is 9.08 Å². The molecule has 0 radical (unpaired) electrons. The van der Waals surface area contributed by atoms with Crippen molar-refractivity contribution in [2.75, 3.05) is 26.0 Å². The molecule has 3 atom stereocenters. The Morgan fingerprint density at radius 3 is 2.96 bits per heavy atom. The summed E-state index contributed by atoms with van der Waals surface area (Å²) in [6, 6.07) is 7.02. The normalized spacial score (nSPS) is 26.7. The number of piperidine rings is 1. The number of hydrogen-bond acceptors (Lipinski definition) is 4. The molecule has 136 valence electrons. The van der Waals surface area contributed by atoms with Crippen LogP contribution in [0.2, 0.25) is 0 Å². The Kier molecular flexibility index (Phi) is 4.38. The Hall–Kier alpha value is -1.37. The molecule has 1 aromatic carbocycles. The Morgan fingerprint density at radius 2 is 2.20 bits per heavy atom. The van der Waals surface area contributed by atoms with Crippen LogP contribution < -0.4 is 0 Å². The van der Waals surface area contributed by atoms with E-state index in [-0.39, 0.29) is 12.5 Å². The van der Waals surface area contributed by atoms with Gasteiger partial charge in [-0.15, -0.1) is 0 Å². The lowest BCUT2D eigenvalue weighted by Gasteiger charge is -2.47. The third-order valence-corrected chi connectivity index (χ3v) is 6.25. The van der Waals surface area contributed by atoms with Gasteiger partial charge in [0, 0.05) is 35.6 Å². The average Bonchev–Trinajstić information content (AvgIpc) is 2.98. The summed E-state index contributed by atoms with van der Waals surface area (Å²) >= 11 is 0. The van der Waals surface area contributed by atoms with Gasteiger partial charge in [0.25, 0.3) is 10.1 Å². The summed E-state index contributed by atoms with van der Waals surface area (Å²) < 4.78 is 28.0. The Bertz CT molecular complexity index is 874. The molecule has 5 nitrogen and oxygen atoms in total. The Morgan fingerprint density at radius 1 is 1.36 bits per heavy atom. The van der Waals surface area contributed by atoms with Crippen molar-refractivity contribution in [3.63, 3.8) is 0 Å². The lowest BCUT2D eigenvalue weighted by Crippen LogP contribution is -2.51. The van der Waals surface area contributed by atoms with Crippen molar-refractivity contribution in [2.45, 2.75) is 38.1 Å². The van der Waals surface area contributed by atoms with Gasteiger partial charge in [-0.1, -0.05) is 19.1 Å². The summed E-state index contributed by atoms with van der Waals surface area (Å²) in [7, 11) is -3.39. The molecule has 6 heteroatoms. The number of rotatable bonds is 5. The maximum Gasteiger partial charge on any atom is 0.264 e. The van der Waals surface area contributed by atoms with Crippen molar-refractivity contribution in [1.29, 1.82) is 0 Å². The molecule has 0 bridgehead atoms. The fraction of sp³-hybridized carbons (Fsp3) is 0.579. The van der Waals surface area contributed by atoms with Gasteiger partial charge in [-0.05, 0) is 48.9 Å². The lowest BCUT2D eigenvalue weighted by molar-refractivity contribution is 0.0640. The van der Waals surface area contributed by atoms with E-state index in [1.165, 1.54) is 22.0 Å². The van der Waals surface area contributed by atoms with Gasteiger partial charge < -0.3 is 4.98 Å². The standard InChI is InChI=1S/C19H26N2O3S/c1-3-7-21-11-13(12-24-25(2,22)23)8-16-15-5-4-6-17-19(15)14(10-20-17)9-18(16)21/h4-6,10,13,16,18,20H,3,7-9,11-12H2,1-2H3/t13-,16+,18+/m0/s1. The van der Waals surface area contributed by atoms with Crippen LogP contribution in [0.25, 0.3) is 10.9 Å². The van der Waals surface area contributed by atoms with Crippen molar-refractivity contribution in [3.05, 3.63) is 35.5 Å². The van der Waals surface area contributed by atoms with Crippen molar-refractivity contribution < 1.29 is 12.6 Å². The van der Waals surface area contributed by atoms with E-state index in [1.807, 2.05) is 0 Å². The van der Waals surface area contributed by atoms with Gasteiger partial charge in [-0.25, -0.2) is 0 Å². The maximum absolute atomic E-state index is 11.4. The van der Waals surface area contributed by atoms with Crippen LogP contribution >= 0.6 is 0 Å². The van der Waals surface area contributed by atoms with Crippen LogP contribution in [0.5, 0.6) is 0 Å². The van der Waals surface area contributed by atoms with Crippen molar-refractivity contribution >= 4 is 21.0 Å². The smallest absolute Gasteiger partial charge is 0.264 e. The highest BCUT2D eigenvalue weighted by Crippen LogP contribution is 2.44. The number of fused-ring (bicyclic) bond motifs is 2. The van der Waals surface area contributed by atoms with E-state index in [1.54, 1.807) is 0 Å². The molecule has 2 heterocycles. The first-order chi connectivity index (χ1) is 12.0. The van der Waals surface area contributed by atoms with Crippen molar-refractivity contribution in [3.8, 4) is 0 Å². The van der Waals surface area contributed by atoms with Crippen LogP contribution in [-0.4, -0.2) is 50.3 Å². The Labute approximate surface area is 149 Å². The summed E-state index contributed by atoms with van der Waals surface area (Å²) in [5.74, 6) is 0.693. The first-order valence-corrected chi connectivity index (χ1v) is 10.9. The Balaban J connectivity index is 1.67. The van der Waals surface area contributed by atoms with Crippen molar-refractivity contribution in [2.24, 2.45) is 5.92 Å². The zero-order valence-corrected chi connectivity index (χ0v) is 15.7. The molecule has 1 N–H and O–H groups in total. The highest BCUT2D eigenvalue weighted by Gasteiger charge is 2.40. The van der Waals surface area contributed by atoms with Crippen LogP contribution in [0.3, 0.4) is 0 Å². The summed E-state index contributed by atoms with van der Waals surface area (Å²) in [5, 5.41) is 1.38. The number of nitrogens with zero attached hydrogens (tertiary/aromatic N) is 1. The van der Waals surface area contributed by atoms with Gasteiger partial charge in [-0.2, -0.15) is 8.42 Å². The molecule has 0 saturated carbocycles. The molecule has 0 unspecified atom stereocenters. The predicted octanol–water partition coefficient (Wildman–Crippen LogP) is 2.88. The van der Waals surface area contributed by atoms with E-state index in [9.17, 15) is 8.42 Å². The van der Waals surface area contributed by atoms with Crippen LogP contribution in [0.1, 0.15) is 36.8 Å². The molecular formula is C19H26N2O3S. The van der Waals surface area contributed by atoms with Crippen molar-refractivity contribution in [1.82, 2.24) is 9.88 Å². The van der Waals surface area contributed by atoms with E-state index < -0.39 is 10.1 Å². The number of aromatic nitrogens is 1. The minimum Gasteiger partial charge on any atom is -0.361 e. The number of aromatic amines is 1. The molecule has 1 aliphatic heterocycles. The van der Waals surface area contributed by atoms with E-state index >= 15 is 0 Å². The van der Waals surface area contributed by atoms with E-state index in [2.05, 4.69) is 41.2 Å². The van der Waals surface area contributed by atoms with Crippen LogP contribution in [0.4, 0.5) is 0 Å². The van der Waals surface area contributed by atoms with Crippen LogP contribution in [-0.2, 0) is 20.7 Å². The molecule has 1 aromatic heterocycles. The number of benzene rings is 1. The molecule has 0 spiro atoms. The second kappa shape index (κ2) is 6.41. The highest BCUT2D eigenvalue weighted by atomic mass is 32.2. The summed E-state index contributed by atoms with van der Waals surface area (Å²) in [6.07, 6.45) is 6.46. The molecule has 25 heavy (non-hydrogen) atoms. The average molecular weight is 362 g/mol. The van der Waals surface area contributed by atoms with Gasteiger partial charge in [0.05, 0.1) is 12.9 Å². The summed E-state index contributed by atoms with van der Waals surface area (Å²) in [6.45, 7) is 4.46. The first kappa shape index (κ1) is 17.1. The zero-order valence-electron chi connectivity index (χ0n) is 14.9. The SMILES string of the molecule is CCCN1C[C@@H](COS(C)(=O)=O)C[C@@H]2c3cccc4[nH]cc(c34)C[C@H]21. The van der Waals surface area contributed by atoms with Crippen LogP contribution in [0.15, 0.2) is 24.4 Å². The molecule has 1 aliphatic carbocycles. The second-order valence-electron chi connectivity index (χ2n) is 7.55. The molecule has 4 rings (SSSR count). The third kappa shape index (κ3) is 3.23. The number of hydrogen-bond donors (Lipinski definition) is 1. The second-order valence-corrected chi connectivity index (χ2v) is 9.19. The number of nitrogens with one attached hydrogen (secondary N) is 1. The molecule has 2 aromatic rings. The number of H-pyrrole nitrogens is 1. The van der Waals surface area contributed by atoms with E-state index in [0.717, 1.165) is 38.6 Å². The maximum atomic E-state index is 11.4. The molecule has 2 aliphatic rings. The molecule has 0 amide bonds.